The monoisotopic (exact) mass is 308 g/mol. The number of nitrogens with one attached hydrogen (secondary N) is 1. The molecular formula is C17H25ClN2O. The minimum atomic E-state index is -0.0784. The molecule has 1 aliphatic carbocycles. The molecule has 2 atom stereocenters. The second-order valence-corrected chi connectivity index (χ2v) is 7.55. The van der Waals surface area contributed by atoms with Crippen molar-refractivity contribution in [1.82, 2.24) is 5.32 Å². The summed E-state index contributed by atoms with van der Waals surface area (Å²) < 4.78 is 0. The van der Waals surface area contributed by atoms with Crippen molar-refractivity contribution in [3.8, 4) is 0 Å². The summed E-state index contributed by atoms with van der Waals surface area (Å²) in [4.78, 5) is 12.5. The first-order valence-electron chi connectivity index (χ1n) is 7.64. The fraction of sp³-hybridized carbons (Fsp3) is 0.588. The molecule has 4 heteroatoms. The molecule has 1 amide bonds. The third-order valence-electron chi connectivity index (χ3n) is 4.38. The summed E-state index contributed by atoms with van der Waals surface area (Å²) in [5.41, 5.74) is 7.02. The molecule has 0 bridgehead atoms. The number of hydrogen-bond donors (Lipinski definition) is 2. The van der Waals surface area contributed by atoms with Gasteiger partial charge in [0.15, 0.2) is 0 Å². The lowest BCUT2D eigenvalue weighted by Crippen LogP contribution is -2.46. The van der Waals surface area contributed by atoms with Crippen LogP contribution in [0.5, 0.6) is 0 Å². The standard InChI is InChI=1S/C17H25ClN2O/c1-17(2,3)14-6-4-5-7-15(14)20-16(21)11-8-12(18)10-13(19)9-11/h8-10,14-15H,4-7,19H2,1-3H3,(H,20,21). The molecule has 3 N–H and O–H groups in total. The van der Waals surface area contributed by atoms with E-state index in [4.69, 9.17) is 17.3 Å². The minimum absolute atomic E-state index is 0.0784. The highest BCUT2D eigenvalue weighted by atomic mass is 35.5. The fourth-order valence-corrected chi connectivity index (χ4v) is 3.58. The van der Waals surface area contributed by atoms with Crippen molar-refractivity contribution in [3.63, 3.8) is 0 Å². The minimum Gasteiger partial charge on any atom is -0.399 e. The van der Waals surface area contributed by atoms with Gasteiger partial charge in [-0.05, 0) is 42.4 Å². The number of nitrogen functional groups attached to an aromatic ring is 1. The maximum Gasteiger partial charge on any atom is 0.251 e. The Bertz CT molecular complexity index is 502. The number of amides is 1. The Kier molecular flexibility index (Phi) is 4.82. The van der Waals surface area contributed by atoms with E-state index >= 15 is 0 Å². The second-order valence-electron chi connectivity index (χ2n) is 7.11. The molecule has 1 aliphatic rings. The molecule has 1 saturated carbocycles. The largest absolute Gasteiger partial charge is 0.399 e. The highest BCUT2D eigenvalue weighted by Gasteiger charge is 2.35. The van der Waals surface area contributed by atoms with Crippen LogP contribution in [-0.2, 0) is 0 Å². The molecule has 0 aromatic heterocycles. The third kappa shape index (κ3) is 4.13. The molecule has 0 heterocycles. The third-order valence-corrected chi connectivity index (χ3v) is 4.60. The Morgan fingerprint density at radius 1 is 1.24 bits per heavy atom. The first kappa shape index (κ1) is 16.2. The van der Waals surface area contributed by atoms with E-state index in [9.17, 15) is 4.79 Å². The molecule has 0 radical (unpaired) electrons. The Hall–Kier alpha value is -1.22. The van der Waals surface area contributed by atoms with Gasteiger partial charge in [0.25, 0.3) is 5.91 Å². The van der Waals surface area contributed by atoms with Crippen LogP contribution in [0, 0.1) is 11.3 Å². The molecule has 0 aliphatic heterocycles. The average Bonchev–Trinajstić information content (AvgIpc) is 2.37. The summed E-state index contributed by atoms with van der Waals surface area (Å²) in [5, 5.41) is 3.69. The van der Waals surface area contributed by atoms with Crippen LogP contribution in [0.2, 0.25) is 5.02 Å². The van der Waals surface area contributed by atoms with Crippen molar-refractivity contribution in [2.45, 2.75) is 52.5 Å². The number of benzene rings is 1. The van der Waals surface area contributed by atoms with E-state index in [1.54, 1.807) is 18.2 Å². The van der Waals surface area contributed by atoms with Crippen molar-refractivity contribution >= 4 is 23.2 Å². The topological polar surface area (TPSA) is 55.1 Å². The summed E-state index contributed by atoms with van der Waals surface area (Å²) in [5.74, 6) is 0.428. The Labute approximate surface area is 132 Å². The fourth-order valence-electron chi connectivity index (χ4n) is 3.34. The van der Waals surface area contributed by atoms with Crippen LogP contribution in [0.3, 0.4) is 0 Å². The van der Waals surface area contributed by atoms with E-state index in [1.165, 1.54) is 19.3 Å². The molecule has 116 valence electrons. The zero-order valence-electron chi connectivity index (χ0n) is 13.1. The Balaban J connectivity index is 2.13. The van der Waals surface area contributed by atoms with Gasteiger partial charge in [-0.3, -0.25) is 4.79 Å². The van der Waals surface area contributed by atoms with Crippen LogP contribution >= 0.6 is 11.6 Å². The summed E-state index contributed by atoms with van der Waals surface area (Å²) >= 11 is 5.98. The van der Waals surface area contributed by atoms with Crippen LogP contribution in [0.1, 0.15) is 56.8 Å². The Morgan fingerprint density at radius 2 is 1.90 bits per heavy atom. The number of carbonyl (C=O) groups excluding carboxylic acids is 1. The maximum atomic E-state index is 12.5. The van der Waals surface area contributed by atoms with Crippen LogP contribution in [-0.4, -0.2) is 11.9 Å². The highest BCUT2D eigenvalue weighted by molar-refractivity contribution is 6.31. The van der Waals surface area contributed by atoms with E-state index < -0.39 is 0 Å². The van der Waals surface area contributed by atoms with Gasteiger partial charge in [0.1, 0.15) is 0 Å². The molecule has 2 rings (SSSR count). The predicted molar refractivity (Wildman–Crippen MR) is 88.5 cm³/mol. The SMILES string of the molecule is CC(C)(C)C1CCCCC1NC(=O)c1cc(N)cc(Cl)c1. The van der Waals surface area contributed by atoms with Gasteiger partial charge in [0, 0.05) is 22.3 Å². The van der Waals surface area contributed by atoms with Crippen LogP contribution < -0.4 is 11.1 Å². The number of rotatable bonds is 2. The molecule has 0 saturated heterocycles. The first-order chi connectivity index (χ1) is 9.77. The normalized spacial score (nSPS) is 22.9. The van der Waals surface area contributed by atoms with Crippen LogP contribution in [0.15, 0.2) is 18.2 Å². The molecule has 1 fully saturated rings. The lowest BCUT2D eigenvalue weighted by Gasteiger charge is -2.40. The molecule has 1 aromatic rings. The molecule has 2 unspecified atom stereocenters. The van der Waals surface area contributed by atoms with E-state index in [2.05, 4.69) is 26.1 Å². The van der Waals surface area contributed by atoms with Gasteiger partial charge in [-0.2, -0.15) is 0 Å². The van der Waals surface area contributed by atoms with Gasteiger partial charge in [-0.15, -0.1) is 0 Å². The average molecular weight is 309 g/mol. The van der Waals surface area contributed by atoms with Crippen molar-refractivity contribution in [3.05, 3.63) is 28.8 Å². The molecule has 3 nitrogen and oxygen atoms in total. The Morgan fingerprint density at radius 3 is 2.52 bits per heavy atom. The van der Waals surface area contributed by atoms with E-state index in [0.29, 0.717) is 22.2 Å². The zero-order chi connectivity index (χ0) is 15.6. The van der Waals surface area contributed by atoms with Crippen molar-refractivity contribution in [2.24, 2.45) is 11.3 Å². The van der Waals surface area contributed by atoms with Crippen LogP contribution in [0.25, 0.3) is 0 Å². The summed E-state index contributed by atoms with van der Waals surface area (Å²) in [6.45, 7) is 6.75. The van der Waals surface area contributed by atoms with Gasteiger partial charge >= 0.3 is 0 Å². The highest BCUT2D eigenvalue weighted by Crippen LogP contribution is 2.38. The first-order valence-corrected chi connectivity index (χ1v) is 8.02. The smallest absolute Gasteiger partial charge is 0.251 e. The van der Waals surface area contributed by atoms with Crippen LogP contribution in [0.4, 0.5) is 5.69 Å². The van der Waals surface area contributed by atoms with Gasteiger partial charge in [0.2, 0.25) is 0 Å². The zero-order valence-corrected chi connectivity index (χ0v) is 13.8. The number of hydrogen-bond acceptors (Lipinski definition) is 2. The quantitative estimate of drug-likeness (QED) is 0.802. The lowest BCUT2D eigenvalue weighted by molar-refractivity contribution is 0.0830. The van der Waals surface area contributed by atoms with Gasteiger partial charge < -0.3 is 11.1 Å². The van der Waals surface area contributed by atoms with Gasteiger partial charge in [-0.25, -0.2) is 0 Å². The maximum absolute atomic E-state index is 12.5. The van der Waals surface area contributed by atoms with Gasteiger partial charge in [0.05, 0.1) is 0 Å². The summed E-state index contributed by atoms with van der Waals surface area (Å²) in [6, 6.07) is 5.22. The number of halogens is 1. The number of nitrogens with two attached hydrogens (primary N) is 1. The van der Waals surface area contributed by atoms with Gasteiger partial charge in [-0.1, -0.05) is 45.2 Å². The lowest BCUT2D eigenvalue weighted by atomic mass is 9.69. The number of carbonyl (C=O) groups is 1. The van der Waals surface area contributed by atoms with Crippen molar-refractivity contribution < 1.29 is 4.79 Å². The van der Waals surface area contributed by atoms with E-state index in [0.717, 1.165) is 6.42 Å². The summed E-state index contributed by atoms with van der Waals surface area (Å²) in [7, 11) is 0. The van der Waals surface area contributed by atoms with E-state index in [1.807, 2.05) is 0 Å². The molecule has 21 heavy (non-hydrogen) atoms. The van der Waals surface area contributed by atoms with Crippen molar-refractivity contribution in [2.75, 3.05) is 5.73 Å². The summed E-state index contributed by atoms with van der Waals surface area (Å²) in [6.07, 6.45) is 4.64. The van der Waals surface area contributed by atoms with Crippen molar-refractivity contribution in [1.29, 1.82) is 0 Å². The van der Waals surface area contributed by atoms with E-state index in [-0.39, 0.29) is 17.4 Å². The molecule has 0 spiro atoms. The second kappa shape index (κ2) is 6.27. The molecule has 1 aromatic carbocycles. The number of anilines is 1. The predicted octanol–water partition coefficient (Wildman–Crippen LogP) is 4.26. The molecular weight excluding hydrogens is 284 g/mol.